The number of alkyl halides is 3. The molecule has 23 heavy (non-hydrogen) atoms. The first kappa shape index (κ1) is 16.0. The largest absolute Gasteiger partial charge is 0.497 e. The molecule has 0 saturated heterocycles. The van der Waals surface area contributed by atoms with E-state index in [2.05, 4.69) is 5.10 Å². The lowest BCUT2D eigenvalue weighted by Gasteiger charge is -2.13. The molecule has 0 aliphatic rings. The monoisotopic (exact) mass is 360 g/mol. The standard InChI is InChI=1S/C15H9Cl2F3N2O/c1-23-10-3-2-8-7-21-22(13(8)6-10)14-11(16)4-9(5-12(14)17)15(18,19)20/h2-7H,1H3. The molecule has 0 N–H and O–H groups in total. The van der Waals surface area contributed by atoms with Crippen LogP contribution in [0.15, 0.2) is 36.5 Å². The molecule has 0 saturated carbocycles. The summed E-state index contributed by atoms with van der Waals surface area (Å²) in [6.07, 6.45) is -2.96. The van der Waals surface area contributed by atoms with Gasteiger partial charge in [0, 0.05) is 11.5 Å². The number of halogens is 5. The van der Waals surface area contributed by atoms with Gasteiger partial charge in [-0.3, -0.25) is 0 Å². The quantitative estimate of drug-likeness (QED) is 0.615. The van der Waals surface area contributed by atoms with Crippen LogP contribution in [-0.2, 0) is 6.18 Å². The number of nitrogens with zero attached hydrogens (tertiary/aromatic N) is 2. The summed E-state index contributed by atoms with van der Waals surface area (Å²) >= 11 is 12.1. The second-order valence-electron chi connectivity index (χ2n) is 4.77. The van der Waals surface area contributed by atoms with Crippen LogP contribution < -0.4 is 4.74 Å². The Morgan fingerprint density at radius 3 is 2.30 bits per heavy atom. The Kier molecular flexibility index (Phi) is 3.90. The highest BCUT2D eigenvalue weighted by atomic mass is 35.5. The summed E-state index contributed by atoms with van der Waals surface area (Å²) in [4.78, 5) is 0. The van der Waals surface area contributed by atoms with Gasteiger partial charge in [0.2, 0.25) is 0 Å². The van der Waals surface area contributed by atoms with Gasteiger partial charge in [-0.2, -0.15) is 18.3 Å². The van der Waals surface area contributed by atoms with E-state index in [1.54, 1.807) is 24.4 Å². The summed E-state index contributed by atoms with van der Waals surface area (Å²) < 4.78 is 45.0. The number of methoxy groups -OCH3 is 1. The highest BCUT2D eigenvalue weighted by Gasteiger charge is 2.32. The van der Waals surface area contributed by atoms with Crippen LogP contribution in [0.4, 0.5) is 13.2 Å². The Morgan fingerprint density at radius 2 is 1.74 bits per heavy atom. The van der Waals surface area contributed by atoms with E-state index in [1.165, 1.54) is 11.8 Å². The van der Waals surface area contributed by atoms with E-state index in [-0.39, 0.29) is 15.7 Å². The number of hydrogen-bond acceptors (Lipinski definition) is 2. The molecule has 120 valence electrons. The number of ether oxygens (including phenoxy) is 1. The molecule has 0 unspecified atom stereocenters. The maximum atomic E-state index is 12.8. The van der Waals surface area contributed by atoms with Crippen molar-refractivity contribution in [1.29, 1.82) is 0 Å². The fourth-order valence-corrected chi connectivity index (χ4v) is 2.88. The number of rotatable bonds is 2. The average molecular weight is 361 g/mol. The minimum absolute atomic E-state index is 0.141. The molecule has 0 bridgehead atoms. The minimum Gasteiger partial charge on any atom is -0.497 e. The fourth-order valence-electron chi connectivity index (χ4n) is 2.23. The molecule has 1 aromatic heterocycles. The molecule has 0 atom stereocenters. The molecule has 0 fully saturated rings. The summed E-state index contributed by atoms with van der Waals surface area (Å²) in [5.41, 5.74) is -0.109. The zero-order valence-electron chi connectivity index (χ0n) is 11.7. The van der Waals surface area contributed by atoms with Gasteiger partial charge < -0.3 is 4.74 Å². The molecule has 3 rings (SSSR count). The van der Waals surface area contributed by atoms with E-state index in [4.69, 9.17) is 27.9 Å². The Bertz CT molecular complexity index is 867. The molecule has 0 aliphatic carbocycles. The number of fused-ring (bicyclic) bond motifs is 1. The van der Waals surface area contributed by atoms with Gasteiger partial charge in [0.1, 0.15) is 11.4 Å². The van der Waals surface area contributed by atoms with Crippen molar-refractivity contribution in [2.45, 2.75) is 6.18 Å². The van der Waals surface area contributed by atoms with Gasteiger partial charge in [-0.25, -0.2) is 4.68 Å². The topological polar surface area (TPSA) is 27.1 Å². The molecule has 1 heterocycles. The summed E-state index contributed by atoms with van der Waals surface area (Å²) in [5.74, 6) is 0.582. The lowest BCUT2D eigenvalue weighted by molar-refractivity contribution is -0.137. The third-order valence-corrected chi connectivity index (χ3v) is 3.91. The molecule has 3 nitrogen and oxygen atoms in total. The van der Waals surface area contributed by atoms with Gasteiger partial charge in [0.15, 0.2) is 0 Å². The van der Waals surface area contributed by atoms with E-state index in [0.717, 1.165) is 17.5 Å². The Labute approximate surface area is 139 Å². The van der Waals surface area contributed by atoms with Crippen LogP contribution in [0.3, 0.4) is 0 Å². The van der Waals surface area contributed by atoms with Crippen LogP contribution in [0.5, 0.6) is 5.75 Å². The summed E-state index contributed by atoms with van der Waals surface area (Å²) in [7, 11) is 1.51. The average Bonchev–Trinajstić information content (AvgIpc) is 2.88. The molecule has 3 aromatic rings. The van der Waals surface area contributed by atoms with Crippen LogP contribution in [-0.4, -0.2) is 16.9 Å². The molecular formula is C15H9Cl2F3N2O. The van der Waals surface area contributed by atoms with Crippen molar-refractivity contribution in [2.75, 3.05) is 7.11 Å². The van der Waals surface area contributed by atoms with Crippen molar-refractivity contribution in [2.24, 2.45) is 0 Å². The smallest absolute Gasteiger partial charge is 0.416 e. The maximum absolute atomic E-state index is 12.8. The van der Waals surface area contributed by atoms with Crippen LogP contribution in [0, 0.1) is 0 Å². The van der Waals surface area contributed by atoms with Gasteiger partial charge in [0.25, 0.3) is 0 Å². The van der Waals surface area contributed by atoms with Crippen molar-refractivity contribution < 1.29 is 17.9 Å². The lowest BCUT2D eigenvalue weighted by Crippen LogP contribution is -2.07. The third-order valence-electron chi connectivity index (χ3n) is 3.33. The van der Waals surface area contributed by atoms with Gasteiger partial charge in [-0.05, 0) is 24.3 Å². The predicted molar refractivity (Wildman–Crippen MR) is 82.6 cm³/mol. The van der Waals surface area contributed by atoms with E-state index in [1.807, 2.05) is 0 Å². The lowest BCUT2D eigenvalue weighted by atomic mass is 10.2. The van der Waals surface area contributed by atoms with Gasteiger partial charge in [-0.15, -0.1) is 0 Å². The van der Waals surface area contributed by atoms with Crippen LogP contribution >= 0.6 is 23.2 Å². The van der Waals surface area contributed by atoms with Gasteiger partial charge in [-0.1, -0.05) is 23.2 Å². The summed E-state index contributed by atoms with van der Waals surface area (Å²) in [5, 5.41) is 4.66. The predicted octanol–water partition coefficient (Wildman–Crippen LogP) is 5.36. The number of benzene rings is 2. The molecule has 0 spiro atoms. The van der Waals surface area contributed by atoms with Crippen molar-refractivity contribution in [3.8, 4) is 11.4 Å². The zero-order valence-corrected chi connectivity index (χ0v) is 13.2. The SMILES string of the molecule is COc1ccc2cnn(-c3c(Cl)cc(C(F)(F)F)cc3Cl)c2c1. The van der Waals surface area contributed by atoms with E-state index in [9.17, 15) is 13.2 Å². The first-order valence-corrected chi connectivity index (χ1v) is 7.15. The number of aromatic nitrogens is 2. The molecule has 0 radical (unpaired) electrons. The van der Waals surface area contributed by atoms with Crippen molar-refractivity contribution >= 4 is 34.1 Å². The normalized spacial score (nSPS) is 11.9. The Hall–Kier alpha value is -1.92. The first-order chi connectivity index (χ1) is 10.8. The Balaban J connectivity index is 2.23. The van der Waals surface area contributed by atoms with Crippen molar-refractivity contribution in [3.05, 3.63) is 52.1 Å². The van der Waals surface area contributed by atoms with Crippen LogP contribution in [0.1, 0.15) is 5.56 Å². The fraction of sp³-hybridized carbons (Fsp3) is 0.133. The van der Waals surface area contributed by atoms with Gasteiger partial charge in [0.05, 0.1) is 34.4 Å². The summed E-state index contributed by atoms with van der Waals surface area (Å²) in [6.45, 7) is 0. The first-order valence-electron chi connectivity index (χ1n) is 6.39. The van der Waals surface area contributed by atoms with Gasteiger partial charge >= 0.3 is 6.18 Å². The third kappa shape index (κ3) is 2.84. The van der Waals surface area contributed by atoms with Crippen LogP contribution in [0.25, 0.3) is 16.6 Å². The van der Waals surface area contributed by atoms with E-state index >= 15 is 0 Å². The van der Waals surface area contributed by atoms with Crippen molar-refractivity contribution in [1.82, 2.24) is 9.78 Å². The van der Waals surface area contributed by atoms with E-state index < -0.39 is 11.7 Å². The molecule has 8 heteroatoms. The molecule has 0 aliphatic heterocycles. The van der Waals surface area contributed by atoms with Crippen molar-refractivity contribution in [3.63, 3.8) is 0 Å². The summed E-state index contributed by atoms with van der Waals surface area (Å²) in [6, 6.07) is 6.90. The zero-order chi connectivity index (χ0) is 16.8. The minimum atomic E-state index is -4.53. The van der Waals surface area contributed by atoms with E-state index in [0.29, 0.717) is 11.3 Å². The maximum Gasteiger partial charge on any atom is 0.416 e. The Morgan fingerprint density at radius 1 is 1.09 bits per heavy atom. The number of hydrogen-bond donors (Lipinski definition) is 0. The molecule has 0 amide bonds. The van der Waals surface area contributed by atoms with Crippen LogP contribution in [0.2, 0.25) is 10.0 Å². The highest BCUT2D eigenvalue weighted by Crippen LogP contribution is 2.38. The highest BCUT2D eigenvalue weighted by molar-refractivity contribution is 6.38. The molecular weight excluding hydrogens is 352 g/mol. The molecule has 2 aromatic carbocycles. The second-order valence-corrected chi connectivity index (χ2v) is 5.58. The second kappa shape index (κ2) is 5.62.